The fourth-order valence-electron chi connectivity index (χ4n) is 2.26. The lowest BCUT2D eigenvalue weighted by atomic mass is 10.2. The van der Waals surface area contributed by atoms with E-state index in [0.29, 0.717) is 5.78 Å². The Morgan fingerprint density at radius 1 is 1.12 bits per heavy atom. The molecule has 0 aromatic carbocycles. The maximum absolute atomic E-state index is 10.8. The zero-order valence-corrected chi connectivity index (χ0v) is 11.0. The van der Waals surface area contributed by atoms with Crippen LogP contribution in [-0.4, -0.2) is 54.9 Å². The van der Waals surface area contributed by atoms with Crippen molar-refractivity contribution in [1.82, 2.24) is 9.80 Å². The Hall–Kier alpha value is -0.410. The number of carbonyl (C=O) groups excluding carboxylic acids is 1. The predicted molar refractivity (Wildman–Crippen MR) is 67.6 cm³/mol. The van der Waals surface area contributed by atoms with Crippen LogP contribution in [0.15, 0.2) is 0 Å². The van der Waals surface area contributed by atoms with Crippen molar-refractivity contribution in [2.24, 2.45) is 5.92 Å². The van der Waals surface area contributed by atoms with Crippen LogP contribution < -0.4 is 0 Å². The van der Waals surface area contributed by atoms with E-state index in [1.807, 2.05) is 0 Å². The lowest BCUT2D eigenvalue weighted by Gasteiger charge is -2.35. The first-order chi connectivity index (χ1) is 7.58. The van der Waals surface area contributed by atoms with E-state index >= 15 is 0 Å². The maximum atomic E-state index is 10.8. The molecule has 1 rings (SSSR count). The van der Waals surface area contributed by atoms with E-state index in [9.17, 15) is 4.79 Å². The highest BCUT2D eigenvalue weighted by atomic mass is 16.1. The average molecular weight is 226 g/mol. The van der Waals surface area contributed by atoms with Crippen LogP contribution >= 0.6 is 0 Å². The van der Waals surface area contributed by atoms with Crippen LogP contribution in [0.4, 0.5) is 0 Å². The number of ketones is 1. The van der Waals surface area contributed by atoms with Crippen LogP contribution in [-0.2, 0) is 4.79 Å². The quantitative estimate of drug-likeness (QED) is 0.688. The van der Waals surface area contributed by atoms with Gasteiger partial charge in [-0.2, -0.15) is 0 Å². The Morgan fingerprint density at radius 2 is 1.69 bits per heavy atom. The molecule has 94 valence electrons. The van der Waals surface area contributed by atoms with Crippen molar-refractivity contribution in [3.63, 3.8) is 0 Å². The second-order valence-corrected chi connectivity index (χ2v) is 5.34. The number of piperazine rings is 1. The second-order valence-electron chi connectivity index (χ2n) is 5.34. The van der Waals surface area contributed by atoms with Gasteiger partial charge in [0.15, 0.2) is 0 Å². The molecule has 16 heavy (non-hydrogen) atoms. The largest absolute Gasteiger partial charge is 0.301 e. The van der Waals surface area contributed by atoms with E-state index in [2.05, 4.69) is 23.6 Å². The van der Waals surface area contributed by atoms with Gasteiger partial charge in [0.25, 0.3) is 0 Å². The van der Waals surface area contributed by atoms with Crippen molar-refractivity contribution in [3.05, 3.63) is 0 Å². The first-order valence-corrected chi connectivity index (χ1v) is 6.52. The summed E-state index contributed by atoms with van der Waals surface area (Å²) >= 11 is 0. The van der Waals surface area contributed by atoms with Gasteiger partial charge in [0.05, 0.1) is 0 Å². The Morgan fingerprint density at radius 3 is 2.19 bits per heavy atom. The molecular weight excluding hydrogens is 200 g/mol. The van der Waals surface area contributed by atoms with Gasteiger partial charge in [0.2, 0.25) is 0 Å². The molecule has 1 heterocycles. The Kier molecular flexibility index (Phi) is 5.99. The van der Waals surface area contributed by atoms with Crippen LogP contribution in [0.5, 0.6) is 0 Å². The van der Waals surface area contributed by atoms with Crippen LogP contribution in [0.25, 0.3) is 0 Å². The van der Waals surface area contributed by atoms with Crippen molar-refractivity contribution in [2.75, 3.05) is 39.3 Å². The van der Waals surface area contributed by atoms with E-state index in [1.165, 1.54) is 32.7 Å². The Bertz CT molecular complexity index is 208. The number of nitrogens with zero attached hydrogens (tertiary/aromatic N) is 2. The van der Waals surface area contributed by atoms with Crippen LogP contribution in [0.3, 0.4) is 0 Å². The molecule has 0 aromatic heterocycles. The van der Waals surface area contributed by atoms with Gasteiger partial charge in [-0.3, -0.25) is 0 Å². The van der Waals surface area contributed by atoms with Crippen LogP contribution in [0.2, 0.25) is 0 Å². The number of carbonyl (C=O) groups is 1. The molecule has 0 saturated carbocycles. The second kappa shape index (κ2) is 7.02. The monoisotopic (exact) mass is 226 g/mol. The zero-order chi connectivity index (χ0) is 12.0. The van der Waals surface area contributed by atoms with Gasteiger partial charge in [0.1, 0.15) is 5.78 Å². The summed E-state index contributed by atoms with van der Waals surface area (Å²) in [5.74, 6) is 1.09. The summed E-state index contributed by atoms with van der Waals surface area (Å²) in [6.45, 7) is 13.3. The molecule has 0 aliphatic carbocycles. The molecule has 1 fully saturated rings. The third-order valence-corrected chi connectivity index (χ3v) is 3.09. The normalized spacial score (nSPS) is 19.2. The summed E-state index contributed by atoms with van der Waals surface area (Å²) in [4.78, 5) is 15.9. The highest BCUT2D eigenvalue weighted by Crippen LogP contribution is 2.06. The first-order valence-electron chi connectivity index (χ1n) is 6.52. The third-order valence-electron chi connectivity index (χ3n) is 3.09. The molecule has 3 nitrogen and oxygen atoms in total. The van der Waals surface area contributed by atoms with Gasteiger partial charge < -0.3 is 14.6 Å². The minimum absolute atomic E-state index is 0.318. The molecular formula is C13H26N2O. The topological polar surface area (TPSA) is 23.6 Å². The predicted octanol–water partition coefficient (Wildman–Crippen LogP) is 1.63. The van der Waals surface area contributed by atoms with Crippen molar-refractivity contribution in [1.29, 1.82) is 0 Å². The summed E-state index contributed by atoms with van der Waals surface area (Å²) in [5.41, 5.74) is 0. The fraction of sp³-hybridized carbons (Fsp3) is 0.923. The minimum Gasteiger partial charge on any atom is -0.301 e. The Labute approximate surface area is 99.8 Å². The number of hydrogen-bond acceptors (Lipinski definition) is 3. The summed E-state index contributed by atoms with van der Waals surface area (Å²) in [7, 11) is 0. The average Bonchev–Trinajstić information content (AvgIpc) is 2.19. The molecule has 0 aromatic rings. The van der Waals surface area contributed by atoms with Crippen LogP contribution in [0.1, 0.15) is 33.6 Å². The smallest absolute Gasteiger partial charge is 0.129 e. The van der Waals surface area contributed by atoms with E-state index in [1.54, 1.807) is 6.92 Å². The van der Waals surface area contributed by atoms with E-state index in [4.69, 9.17) is 0 Å². The molecule has 1 aliphatic rings. The van der Waals surface area contributed by atoms with Gasteiger partial charge in [-0.25, -0.2) is 0 Å². The first kappa shape index (κ1) is 13.7. The summed E-state index contributed by atoms with van der Waals surface area (Å²) < 4.78 is 0. The van der Waals surface area contributed by atoms with Gasteiger partial charge in [-0.05, 0) is 25.8 Å². The lowest BCUT2D eigenvalue weighted by molar-refractivity contribution is -0.117. The summed E-state index contributed by atoms with van der Waals surface area (Å²) in [6.07, 6.45) is 1.77. The van der Waals surface area contributed by atoms with E-state index < -0.39 is 0 Å². The molecule has 0 spiro atoms. The molecule has 3 heteroatoms. The van der Waals surface area contributed by atoms with Crippen molar-refractivity contribution >= 4 is 5.78 Å². The van der Waals surface area contributed by atoms with Gasteiger partial charge in [-0.15, -0.1) is 0 Å². The molecule has 0 atom stereocenters. The van der Waals surface area contributed by atoms with E-state index in [-0.39, 0.29) is 0 Å². The lowest BCUT2D eigenvalue weighted by Crippen LogP contribution is -2.47. The number of Topliss-reactive ketones (excluding diaryl/α,β-unsaturated/α-hetero) is 1. The number of rotatable bonds is 6. The van der Waals surface area contributed by atoms with E-state index in [0.717, 1.165) is 25.3 Å². The molecule has 1 saturated heterocycles. The van der Waals surface area contributed by atoms with Crippen molar-refractivity contribution < 1.29 is 4.79 Å². The summed E-state index contributed by atoms with van der Waals surface area (Å²) in [6, 6.07) is 0. The molecule has 0 amide bonds. The molecule has 1 aliphatic heterocycles. The fourth-order valence-corrected chi connectivity index (χ4v) is 2.26. The van der Waals surface area contributed by atoms with Gasteiger partial charge >= 0.3 is 0 Å². The maximum Gasteiger partial charge on any atom is 0.129 e. The highest BCUT2D eigenvalue weighted by Gasteiger charge is 2.16. The SMILES string of the molecule is CC(=O)CCCN1CCN(CC(C)C)CC1. The minimum atomic E-state index is 0.318. The Balaban J connectivity index is 2.09. The molecule has 0 bridgehead atoms. The zero-order valence-electron chi connectivity index (χ0n) is 11.0. The highest BCUT2D eigenvalue weighted by molar-refractivity contribution is 5.75. The van der Waals surface area contributed by atoms with Crippen molar-refractivity contribution in [3.8, 4) is 0 Å². The molecule has 0 unspecified atom stereocenters. The van der Waals surface area contributed by atoms with Gasteiger partial charge in [0, 0.05) is 39.1 Å². The standard InChI is InChI=1S/C13H26N2O/c1-12(2)11-15-9-7-14(8-10-15)6-4-5-13(3)16/h12H,4-11H2,1-3H3. The molecule has 0 N–H and O–H groups in total. The van der Waals surface area contributed by atoms with Crippen LogP contribution in [0, 0.1) is 5.92 Å². The van der Waals surface area contributed by atoms with Gasteiger partial charge in [-0.1, -0.05) is 13.8 Å². The summed E-state index contributed by atoms with van der Waals surface area (Å²) in [5, 5.41) is 0. The van der Waals surface area contributed by atoms with Crippen molar-refractivity contribution in [2.45, 2.75) is 33.6 Å². The molecule has 0 radical (unpaired) electrons. The number of hydrogen-bond donors (Lipinski definition) is 0. The third kappa shape index (κ3) is 5.61.